The molecule has 0 spiro atoms. The van der Waals surface area contributed by atoms with Crippen LogP contribution >= 0.6 is 11.3 Å². The standard InChI is InChI=1S/C20H19F3N2S/c1-13(2)10-14-6-8-15(9-7-14)18-12-26-19(25-18)24-17-5-3-4-16(11-17)20(21,22)23/h3-9,11-13H,10H2,1-2H3,(H,24,25). The molecule has 1 heterocycles. The van der Waals surface area contributed by atoms with Crippen molar-refractivity contribution in [2.45, 2.75) is 26.4 Å². The van der Waals surface area contributed by atoms with E-state index in [1.165, 1.54) is 23.0 Å². The largest absolute Gasteiger partial charge is 0.416 e. The molecular weight excluding hydrogens is 357 g/mol. The topological polar surface area (TPSA) is 24.9 Å². The highest BCUT2D eigenvalue weighted by atomic mass is 32.1. The van der Waals surface area contributed by atoms with E-state index in [9.17, 15) is 13.2 Å². The lowest BCUT2D eigenvalue weighted by atomic mass is 10.0. The van der Waals surface area contributed by atoms with Crippen LogP contribution in [0.5, 0.6) is 0 Å². The van der Waals surface area contributed by atoms with Gasteiger partial charge in [0.25, 0.3) is 0 Å². The first-order valence-electron chi connectivity index (χ1n) is 8.30. The number of nitrogens with zero attached hydrogens (tertiary/aromatic N) is 1. The molecular formula is C20H19F3N2S. The van der Waals surface area contributed by atoms with Crippen molar-refractivity contribution >= 4 is 22.2 Å². The SMILES string of the molecule is CC(C)Cc1ccc(-c2csc(Nc3cccc(C(F)(F)F)c3)n2)cc1. The van der Waals surface area contributed by atoms with Crippen LogP contribution in [0.2, 0.25) is 0 Å². The molecule has 0 saturated heterocycles. The van der Waals surface area contributed by atoms with Crippen molar-refractivity contribution in [3.63, 3.8) is 0 Å². The van der Waals surface area contributed by atoms with Gasteiger partial charge in [-0.25, -0.2) is 4.98 Å². The average molecular weight is 376 g/mol. The summed E-state index contributed by atoms with van der Waals surface area (Å²) >= 11 is 1.36. The number of aromatic nitrogens is 1. The minimum Gasteiger partial charge on any atom is -0.332 e. The van der Waals surface area contributed by atoms with E-state index in [1.807, 2.05) is 17.5 Å². The Kier molecular flexibility index (Phi) is 5.32. The van der Waals surface area contributed by atoms with Crippen molar-refractivity contribution < 1.29 is 13.2 Å². The summed E-state index contributed by atoms with van der Waals surface area (Å²) in [5.41, 5.74) is 2.76. The number of halogens is 3. The smallest absolute Gasteiger partial charge is 0.332 e. The number of rotatable bonds is 5. The minimum absolute atomic E-state index is 0.369. The number of hydrogen-bond donors (Lipinski definition) is 1. The van der Waals surface area contributed by atoms with E-state index < -0.39 is 11.7 Å². The van der Waals surface area contributed by atoms with Crippen LogP contribution in [0.4, 0.5) is 24.0 Å². The lowest BCUT2D eigenvalue weighted by Gasteiger charge is -2.09. The van der Waals surface area contributed by atoms with Gasteiger partial charge in [0, 0.05) is 16.6 Å². The van der Waals surface area contributed by atoms with Crippen LogP contribution in [0.3, 0.4) is 0 Å². The molecule has 0 aliphatic heterocycles. The van der Waals surface area contributed by atoms with Crippen molar-refractivity contribution in [3.05, 3.63) is 65.0 Å². The van der Waals surface area contributed by atoms with Crippen molar-refractivity contribution in [1.29, 1.82) is 0 Å². The molecule has 0 saturated carbocycles. The monoisotopic (exact) mass is 376 g/mol. The molecule has 2 aromatic carbocycles. The molecule has 0 unspecified atom stereocenters. The van der Waals surface area contributed by atoms with Crippen molar-refractivity contribution in [3.8, 4) is 11.3 Å². The average Bonchev–Trinajstić information content (AvgIpc) is 3.03. The second kappa shape index (κ2) is 7.50. The Morgan fingerprint density at radius 2 is 1.81 bits per heavy atom. The van der Waals surface area contributed by atoms with E-state index in [0.29, 0.717) is 16.7 Å². The highest BCUT2D eigenvalue weighted by molar-refractivity contribution is 7.14. The first-order valence-corrected chi connectivity index (χ1v) is 9.18. The van der Waals surface area contributed by atoms with E-state index in [2.05, 4.69) is 36.3 Å². The fourth-order valence-electron chi connectivity index (χ4n) is 2.64. The van der Waals surface area contributed by atoms with Crippen molar-refractivity contribution in [2.75, 3.05) is 5.32 Å². The molecule has 1 aromatic heterocycles. The van der Waals surface area contributed by atoms with E-state index >= 15 is 0 Å². The maximum atomic E-state index is 12.8. The van der Waals surface area contributed by atoms with Crippen LogP contribution in [-0.4, -0.2) is 4.98 Å². The van der Waals surface area contributed by atoms with Crippen LogP contribution < -0.4 is 5.32 Å². The zero-order valence-corrected chi connectivity index (χ0v) is 15.3. The molecule has 0 radical (unpaired) electrons. The van der Waals surface area contributed by atoms with Gasteiger partial charge in [-0.2, -0.15) is 13.2 Å². The molecule has 0 fully saturated rings. The lowest BCUT2D eigenvalue weighted by molar-refractivity contribution is -0.137. The molecule has 3 aromatic rings. The number of hydrogen-bond acceptors (Lipinski definition) is 3. The van der Waals surface area contributed by atoms with E-state index in [0.717, 1.165) is 29.8 Å². The summed E-state index contributed by atoms with van der Waals surface area (Å²) in [6.45, 7) is 4.36. The highest BCUT2D eigenvalue weighted by Crippen LogP contribution is 2.32. The zero-order chi connectivity index (χ0) is 18.7. The third-order valence-corrected chi connectivity index (χ3v) is 4.60. The van der Waals surface area contributed by atoms with Gasteiger partial charge in [-0.05, 0) is 36.1 Å². The van der Waals surface area contributed by atoms with Crippen LogP contribution in [0.1, 0.15) is 25.0 Å². The molecule has 136 valence electrons. The highest BCUT2D eigenvalue weighted by Gasteiger charge is 2.30. The lowest BCUT2D eigenvalue weighted by Crippen LogP contribution is -2.05. The Morgan fingerprint density at radius 1 is 1.08 bits per heavy atom. The summed E-state index contributed by atoms with van der Waals surface area (Å²) in [4.78, 5) is 4.48. The summed E-state index contributed by atoms with van der Waals surface area (Å²) in [7, 11) is 0. The summed E-state index contributed by atoms with van der Waals surface area (Å²) in [5.74, 6) is 0.600. The predicted octanol–water partition coefficient (Wildman–Crippen LogP) is 6.77. The number of benzene rings is 2. The van der Waals surface area contributed by atoms with Gasteiger partial charge in [0.05, 0.1) is 11.3 Å². The maximum absolute atomic E-state index is 12.8. The Bertz CT molecular complexity index is 867. The molecule has 0 aliphatic rings. The molecule has 2 nitrogen and oxygen atoms in total. The molecule has 3 rings (SSSR count). The van der Waals surface area contributed by atoms with Gasteiger partial charge in [0.2, 0.25) is 0 Å². The Hall–Kier alpha value is -2.34. The normalized spacial score (nSPS) is 11.8. The first kappa shape index (κ1) is 18.5. The third-order valence-electron chi connectivity index (χ3n) is 3.84. The summed E-state index contributed by atoms with van der Waals surface area (Å²) < 4.78 is 38.4. The van der Waals surface area contributed by atoms with Crippen molar-refractivity contribution in [2.24, 2.45) is 5.92 Å². The Balaban J connectivity index is 1.74. The second-order valence-corrected chi connectivity index (χ2v) is 7.39. The fourth-order valence-corrected chi connectivity index (χ4v) is 3.38. The quantitative estimate of drug-likeness (QED) is 0.531. The summed E-state index contributed by atoms with van der Waals surface area (Å²) in [5, 5.41) is 5.41. The van der Waals surface area contributed by atoms with Gasteiger partial charge < -0.3 is 5.32 Å². The van der Waals surface area contributed by atoms with E-state index in [4.69, 9.17) is 0 Å². The van der Waals surface area contributed by atoms with Crippen molar-refractivity contribution in [1.82, 2.24) is 4.98 Å². The van der Waals surface area contributed by atoms with Crippen LogP contribution in [-0.2, 0) is 12.6 Å². The number of alkyl halides is 3. The molecule has 0 amide bonds. The predicted molar refractivity (Wildman–Crippen MR) is 101 cm³/mol. The van der Waals surface area contributed by atoms with Gasteiger partial charge in [0.1, 0.15) is 0 Å². The van der Waals surface area contributed by atoms with Gasteiger partial charge in [0.15, 0.2) is 5.13 Å². The molecule has 0 atom stereocenters. The molecule has 0 aliphatic carbocycles. The third kappa shape index (κ3) is 4.64. The van der Waals surface area contributed by atoms with Crippen LogP contribution in [0.25, 0.3) is 11.3 Å². The van der Waals surface area contributed by atoms with Gasteiger partial charge in [-0.3, -0.25) is 0 Å². The molecule has 6 heteroatoms. The summed E-state index contributed by atoms with van der Waals surface area (Å²) in [6.07, 6.45) is -3.33. The number of thiazole rings is 1. The van der Waals surface area contributed by atoms with Gasteiger partial charge >= 0.3 is 6.18 Å². The number of anilines is 2. The van der Waals surface area contributed by atoms with E-state index in [1.54, 1.807) is 6.07 Å². The van der Waals surface area contributed by atoms with E-state index in [-0.39, 0.29) is 0 Å². The summed E-state index contributed by atoms with van der Waals surface area (Å²) in [6, 6.07) is 13.4. The molecule has 0 bridgehead atoms. The number of nitrogens with one attached hydrogen (secondary N) is 1. The maximum Gasteiger partial charge on any atom is 0.416 e. The van der Waals surface area contributed by atoms with Gasteiger partial charge in [-0.15, -0.1) is 11.3 Å². The fraction of sp³-hybridized carbons (Fsp3) is 0.250. The first-order chi connectivity index (χ1) is 12.3. The Morgan fingerprint density at radius 3 is 2.46 bits per heavy atom. The second-order valence-electron chi connectivity index (χ2n) is 6.54. The van der Waals surface area contributed by atoms with Gasteiger partial charge in [-0.1, -0.05) is 44.2 Å². The minimum atomic E-state index is -4.36. The zero-order valence-electron chi connectivity index (χ0n) is 14.5. The van der Waals surface area contributed by atoms with Crippen LogP contribution in [0, 0.1) is 5.92 Å². The Labute approximate surface area is 154 Å². The van der Waals surface area contributed by atoms with Crippen LogP contribution in [0.15, 0.2) is 53.9 Å². The molecule has 1 N–H and O–H groups in total. The molecule has 26 heavy (non-hydrogen) atoms.